The largest absolute Gasteiger partial charge is 0.393 e. The van der Waals surface area contributed by atoms with Gasteiger partial charge in [0.25, 0.3) is 0 Å². The Morgan fingerprint density at radius 3 is 2.71 bits per heavy atom. The van der Waals surface area contributed by atoms with Crippen LogP contribution in [-0.2, 0) is 4.74 Å². The fraction of sp³-hybridized carbons (Fsp3) is 0.647. The van der Waals surface area contributed by atoms with E-state index in [0.29, 0.717) is 16.5 Å². The maximum atomic E-state index is 14.3. The van der Waals surface area contributed by atoms with Crippen LogP contribution < -0.4 is 0 Å². The number of aliphatic hydroxyl groups excluding tert-OH is 1. The number of rotatable bonds is 1. The summed E-state index contributed by atoms with van der Waals surface area (Å²) in [6.45, 7) is 6.11. The second-order valence-corrected chi connectivity index (χ2v) is 7.50. The standard InChI is InChI=1S/C17H22ClFO2/c1-9-13-6-10(7-15(9)20)17(2,3)21-16(13)12-5-4-11(18)8-14(12)19/h4-5,8-10,13,15-16,20H,6-7H2,1-3H3/t9-,10?,13?,15-,16-/m0/s1. The Morgan fingerprint density at radius 1 is 1.33 bits per heavy atom. The van der Waals surface area contributed by atoms with Crippen molar-refractivity contribution < 1.29 is 14.2 Å². The predicted octanol–water partition coefficient (Wildman–Crippen LogP) is 4.35. The average molecular weight is 313 g/mol. The van der Waals surface area contributed by atoms with Crippen molar-refractivity contribution in [2.75, 3.05) is 0 Å². The number of halogens is 2. The number of ether oxygens (including phenoxy) is 1. The SMILES string of the molecule is C[C@H]1C2CC(C[C@@H]1O)C(C)(C)O[C@H]2c1ccc(Cl)cc1F. The minimum atomic E-state index is -0.353. The Hall–Kier alpha value is -0.640. The third-order valence-corrected chi connectivity index (χ3v) is 5.67. The molecule has 1 N–H and O–H groups in total. The molecule has 1 aromatic rings. The molecule has 2 fully saturated rings. The highest BCUT2D eigenvalue weighted by molar-refractivity contribution is 6.30. The lowest BCUT2D eigenvalue weighted by Crippen LogP contribution is -2.52. The van der Waals surface area contributed by atoms with Gasteiger partial charge < -0.3 is 9.84 Å². The van der Waals surface area contributed by atoms with Gasteiger partial charge in [-0.25, -0.2) is 4.39 Å². The summed E-state index contributed by atoms with van der Waals surface area (Å²) in [5, 5.41) is 10.7. The van der Waals surface area contributed by atoms with Crippen LogP contribution in [0, 0.1) is 23.6 Å². The molecule has 2 unspecified atom stereocenters. The van der Waals surface area contributed by atoms with Gasteiger partial charge in [-0.3, -0.25) is 0 Å². The van der Waals surface area contributed by atoms with Gasteiger partial charge in [-0.1, -0.05) is 24.6 Å². The second-order valence-electron chi connectivity index (χ2n) is 7.07. The van der Waals surface area contributed by atoms with Gasteiger partial charge in [0.05, 0.1) is 17.8 Å². The normalized spacial score (nSPS) is 38.3. The molecule has 116 valence electrons. The number of hydrogen-bond acceptors (Lipinski definition) is 2. The first-order valence-corrected chi connectivity index (χ1v) is 7.98. The second kappa shape index (κ2) is 5.22. The van der Waals surface area contributed by atoms with Crippen molar-refractivity contribution in [2.45, 2.75) is 51.4 Å². The van der Waals surface area contributed by atoms with Gasteiger partial charge in [-0.15, -0.1) is 0 Å². The Labute approximate surface area is 130 Å². The smallest absolute Gasteiger partial charge is 0.130 e. The van der Waals surface area contributed by atoms with Crippen molar-refractivity contribution in [3.8, 4) is 0 Å². The zero-order chi connectivity index (χ0) is 15.4. The maximum absolute atomic E-state index is 14.3. The molecule has 1 heterocycles. The molecule has 5 atom stereocenters. The van der Waals surface area contributed by atoms with E-state index in [0.717, 1.165) is 12.8 Å². The monoisotopic (exact) mass is 312 g/mol. The van der Waals surface area contributed by atoms with E-state index in [1.54, 1.807) is 12.1 Å². The topological polar surface area (TPSA) is 29.5 Å². The fourth-order valence-corrected chi connectivity index (χ4v) is 4.09. The van der Waals surface area contributed by atoms with Gasteiger partial charge in [0.15, 0.2) is 0 Å². The minimum Gasteiger partial charge on any atom is -0.393 e. The van der Waals surface area contributed by atoms with E-state index in [-0.39, 0.29) is 35.5 Å². The van der Waals surface area contributed by atoms with Gasteiger partial charge in [0.2, 0.25) is 0 Å². The molecule has 21 heavy (non-hydrogen) atoms. The molecule has 1 aliphatic heterocycles. The highest BCUT2D eigenvalue weighted by Gasteiger charge is 2.51. The molecule has 0 radical (unpaired) electrons. The summed E-state index contributed by atoms with van der Waals surface area (Å²) in [7, 11) is 0. The Bertz CT molecular complexity index is 546. The summed E-state index contributed by atoms with van der Waals surface area (Å²) in [5.41, 5.74) is 0.200. The quantitative estimate of drug-likeness (QED) is 0.835. The van der Waals surface area contributed by atoms with Crippen LogP contribution >= 0.6 is 11.6 Å². The average Bonchev–Trinajstić information content (AvgIpc) is 2.39. The lowest BCUT2D eigenvalue weighted by Gasteiger charge is -2.53. The van der Waals surface area contributed by atoms with Gasteiger partial charge in [-0.2, -0.15) is 0 Å². The van der Waals surface area contributed by atoms with Gasteiger partial charge in [0, 0.05) is 10.6 Å². The molecule has 1 saturated carbocycles. The Kier molecular flexibility index (Phi) is 3.79. The molecule has 1 aliphatic carbocycles. The zero-order valence-corrected chi connectivity index (χ0v) is 13.4. The summed E-state index contributed by atoms with van der Waals surface area (Å²) in [5.74, 6) is 0.245. The third-order valence-electron chi connectivity index (χ3n) is 5.44. The van der Waals surface area contributed by atoms with Crippen molar-refractivity contribution >= 4 is 11.6 Å². The molecule has 0 spiro atoms. The van der Waals surface area contributed by atoms with E-state index in [4.69, 9.17) is 16.3 Å². The minimum absolute atomic E-state index is 0.109. The predicted molar refractivity (Wildman–Crippen MR) is 80.7 cm³/mol. The molecule has 1 aromatic carbocycles. The lowest BCUT2D eigenvalue weighted by atomic mass is 9.63. The van der Waals surface area contributed by atoms with Crippen LogP contribution in [0.15, 0.2) is 18.2 Å². The van der Waals surface area contributed by atoms with Crippen molar-refractivity contribution in [2.24, 2.45) is 17.8 Å². The molecular weight excluding hydrogens is 291 g/mol. The molecule has 1 saturated heterocycles. The van der Waals surface area contributed by atoms with Gasteiger partial charge >= 0.3 is 0 Å². The first kappa shape index (κ1) is 15.3. The van der Waals surface area contributed by atoms with Crippen molar-refractivity contribution in [3.63, 3.8) is 0 Å². The number of benzene rings is 1. The van der Waals surface area contributed by atoms with Gasteiger partial charge in [-0.05, 0) is 56.6 Å². The van der Waals surface area contributed by atoms with Crippen LogP contribution in [0.3, 0.4) is 0 Å². The fourth-order valence-electron chi connectivity index (χ4n) is 3.94. The van der Waals surface area contributed by atoms with Crippen LogP contribution in [0.25, 0.3) is 0 Å². The van der Waals surface area contributed by atoms with Crippen LogP contribution in [0.2, 0.25) is 5.02 Å². The van der Waals surface area contributed by atoms with Gasteiger partial charge in [0.1, 0.15) is 5.82 Å². The van der Waals surface area contributed by atoms with E-state index >= 15 is 0 Å². The van der Waals surface area contributed by atoms with E-state index < -0.39 is 0 Å². The summed E-state index contributed by atoms with van der Waals surface area (Å²) in [6, 6.07) is 4.75. The summed E-state index contributed by atoms with van der Waals surface area (Å²) in [4.78, 5) is 0. The third kappa shape index (κ3) is 2.60. The molecule has 3 rings (SSSR count). The van der Waals surface area contributed by atoms with Crippen molar-refractivity contribution in [3.05, 3.63) is 34.6 Å². The number of fused-ring (bicyclic) bond motifs is 2. The maximum Gasteiger partial charge on any atom is 0.130 e. The van der Waals surface area contributed by atoms with Crippen LogP contribution in [-0.4, -0.2) is 16.8 Å². The van der Waals surface area contributed by atoms with Crippen LogP contribution in [0.1, 0.15) is 45.3 Å². The Balaban J connectivity index is 2.00. The van der Waals surface area contributed by atoms with E-state index in [1.165, 1.54) is 6.07 Å². The summed E-state index contributed by atoms with van der Waals surface area (Å²) >= 11 is 5.85. The molecule has 2 aliphatic rings. The van der Waals surface area contributed by atoms with Crippen LogP contribution in [0.4, 0.5) is 4.39 Å². The number of hydrogen-bond donors (Lipinski definition) is 1. The van der Waals surface area contributed by atoms with Crippen molar-refractivity contribution in [1.82, 2.24) is 0 Å². The first-order valence-electron chi connectivity index (χ1n) is 7.60. The molecular formula is C17H22ClFO2. The molecule has 2 bridgehead atoms. The van der Waals surface area contributed by atoms with E-state index in [2.05, 4.69) is 0 Å². The number of aliphatic hydroxyl groups is 1. The van der Waals surface area contributed by atoms with E-state index in [9.17, 15) is 9.50 Å². The van der Waals surface area contributed by atoms with E-state index in [1.807, 2.05) is 20.8 Å². The Morgan fingerprint density at radius 2 is 2.05 bits per heavy atom. The molecule has 0 amide bonds. The molecule has 0 aromatic heterocycles. The molecule has 2 nitrogen and oxygen atoms in total. The highest BCUT2D eigenvalue weighted by Crippen LogP contribution is 2.53. The first-order chi connectivity index (χ1) is 9.79. The van der Waals surface area contributed by atoms with Crippen LogP contribution in [0.5, 0.6) is 0 Å². The van der Waals surface area contributed by atoms with Crippen molar-refractivity contribution in [1.29, 1.82) is 0 Å². The summed E-state index contributed by atoms with van der Waals surface area (Å²) in [6.07, 6.45) is 1.08. The highest BCUT2D eigenvalue weighted by atomic mass is 35.5. The summed E-state index contributed by atoms with van der Waals surface area (Å²) < 4.78 is 20.6. The zero-order valence-electron chi connectivity index (χ0n) is 12.6. The lowest BCUT2D eigenvalue weighted by molar-refractivity contribution is -0.216. The molecule has 4 heteroatoms.